The van der Waals surface area contributed by atoms with Gasteiger partial charge < -0.3 is 19.5 Å². The maximum atomic E-state index is 13.8. The summed E-state index contributed by atoms with van der Waals surface area (Å²) in [6, 6.07) is 20.6. The summed E-state index contributed by atoms with van der Waals surface area (Å²) in [5.41, 5.74) is 3.57. The fourth-order valence-electron chi connectivity index (χ4n) is 4.43. The minimum atomic E-state index is -0.196. The van der Waals surface area contributed by atoms with E-state index in [-0.39, 0.29) is 18.4 Å². The number of nitrogens with one attached hydrogen (secondary N) is 1. The topological polar surface area (TPSA) is 65.6 Å². The minimum absolute atomic E-state index is 0.0478. The molecule has 0 radical (unpaired) electrons. The predicted molar refractivity (Wildman–Crippen MR) is 160 cm³/mol. The van der Waals surface area contributed by atoms with Crippen molar-refractivity contribution in [1.29, 1.82) is 0 Å². The van der Waals surface area contributed by atoms with E-state index in [1.807, 2.05) is 42.6 Å². The van der Waals surface area contributed by atoms with Crippen molar-refractivity contribution in [2.75, 3.05) is 33.4 Å². The number of nitrogens with zero attached hydrogens (tertiary/aromatic N) is 2. The van der Waals surface area contributed by atoms with Crippen molar-refractivity contribution >= 4 is 61.8 Å². The molecule has 0 fully saturated rings. The number of rotatable bonds is 12. The van der Waals surface area contributed by atoms with Gasteiger partial charge in [0.1, 0.15) is 6.54 Å². The van der Waals surface area contributed by atoms with Crippen LogP contribution in [0.3, 0.4) is 0 Å². The molecular weight excluding hydrogens is 601 g/mol. The molecule has 1 N–H and O–H groups in total. The molecule has 0 aliphatic carbocycles. The van der Waals surface area contributed by atoms with Crippen LogP contribution >= 0.6 is 39.1 Å². The van der Waals surface area contributed by atoms with Gasteiger partial charge in [-0.25, -0.2) is 0 Å². The molecule has 0 unspecified atom stereocenters. The monoisotopic (exact) mass is 629 g/mol. The number of carbonyl (C=O) groups is 2. The number of H-pyrrole nitrogens is 1. The lowest BCUT2D eigenvalue weighted by molar-refractivity contribution is -0.132. The fourth-order valence-corrected chi connectivity index (χ4v) is 5.02. The SMILES string of the molecule is COCCCN(CC(=O)N(CCc1c[nH]c2ccccc12)Cc1ccc(Cl)c(Cl)c1)C(=O)c1ccc(Br)cc1. The van der Waals surface area contributed by atoms with Gasteiger partial charge in [-0.15, -0.1) is 0 Å². The normalized spacial score (nSPS) is 11.1. The van der Waals surface area contributed by atoms with E-state index in [9.17, 15) is 9.59 Å². The zero-order chi connectivity index (χ0) is 27.8. The first kappa shape index (κ1) is 29.2. The highest BCUT2D eigenvalue weighted by Gasteiger charge is 2.23. The van der Waals surface area contributed by atoms with Crippen molar-refractivity contribution in [3.05, 3.63) is 104 Å². The van der Waals surface area contributed by atoms with E-state index in [4.69, 9.17) is 27.9 Å². The van der Waals surface area contributed by atoms with E-state index in [0.717, 1.165) is 26.5 Å². The molecule has 0 spiro atoms. The van der Waals surface area contributed by atoms with Gasteiger partial charge in [-0.05, 0) is 66.4 Å². The lowest BCUT2D eigenvalue weighted by Crippen LogP contribution is -2.44. The Morgan fingerprint density at radius 3 is 2.46 bits per heavy atom. The molecule has 1 heterocycles. The van der Waals surface area contributed by atoms with Gasteiger partial charge in [0, 0.05) is 60.5 Å². The smallest absolute Gasteiger partial charge is 0.254 e. The van der Waals surface area contributed by atoms with Crippen LogP contribution in [0.1, 0.15) is 27.9 Å². The first-order chi connectivity index (χ1) is 18.9. The molecule has 2 amide bonds. The van der Waals surface area contributed by atoms with Gasteiger partial charge in [-0.1, -0.05) is 63.4 Å². The van der Waals surface area contributed by atoms with Crippen molar-refractivity contribution in [1.82, 2.24) is 14.8 Å². The number of aromatic nitrogens is 1. The number of benzene rings is 3. The van der Waals surface area contributed by atoms with Crippen LogP contribution < -0.4 is 0 Å². The molecule has 0 saturated carbocycles. The van der Waals surface area contributed by atoms with Crippen LogP contribution in [0.4, 0.5) is 0 Å². The van der Waals surface area contributed by atoms with E-state index in [0.29, 0.717) is 54.7 Å². The number of methoxy groups -OCH3 is 1. The second-order valence-electron chi connectivity index (χ2n) is 9.25. The van der Waals surface area contributed by atoms with Crippen molar-refractivity contribution in [2.45, 2.75) is 19.4 Å². The zero-order valence-electron chi connectivity index (χ0n) is 21.6. The zero-order valence-corrected chi connectivity index (χ0v) is 24.7. The van der Waals surface area contributed by atoms with Crippen molar-refractivity contribution in [2.24, 2.45) is 0 Å². The third-order valence-electron chi connectivity index (χ3n) is 6.52. The van der Waals surface area contributed by atoms with Gasteiger partial charge in [0.2, 0.25) is 5.91 Å². The standard InChI is InChI=1S/C30H30BrCl2N3O3/c1-39-16-4-14-36(30(38)22-8-10-24(31)11-9-22)20-29(37)35(19-21-7-12-26(32)27(33)17-21)15-13-23-18-34-28-6-3-2-5-25(23)28/h2-3,5-12,17-18,34H,4,13-16,19-20H2,1H3. The number of hydrogen-bond acceptors (Lipinski definition) is 3. The molecule has 4 aromatic rings. The minimum Gasteiger partial charge on any atom is -0.385 e. The van der Waals surface area contributed by atoms with Gasteiger partial charge in [-0.3, -0.25) is 9.59 Å². The summed E-state index contributed by atoms with van der Waals surface area (Å²) in [5.74, 6) is -0.345. The Bertz CT molecular complexity index is 1420. The lowest BCUT2D eigenvalue weighted by Gasteiger charge is -2.28. The summed E-state index contributed by atoms with van der Waals surface area (Å²) in [5, 5.41) is 2.03. The third kappa shape index (κ3) is 7.85. The van der Waals surface area contributed by atoms with Crippen LogP contribution in [0.2, 0.25) is 10.0 Å². The average Bonchev–Trinajstić information content (AvgIpc) is 3.35. The summed E-state index contributed by atoms with van der Waals surface area (Å²) in [6.07, 6.45) is 3.26. The Labute approximate surface area is 247 Å². The summed E-state index contributed by atoms with van der Waals surface area (Å²) in [6.45, 7) is 1.66. The van der Waals surface area contributed by atoms with Gasteiger partial charge >= 0.3 is 0 Å². The number of halogens is 3. The molecule has 0 aliphatic rings. The van der Waals surface area contributed by atoms with E-state index in [1.165, 1.54) is 0 Å². The Balaban J connectivity index is 1.55. The highest BCUT2D eigenvalue weighted by atomic mass is 79.9. The predicted octanol–water partition coefficient (Wildman–Crippen LogP) is 6.99. The van der Waals surface area contributed by atoms with E-state index < -0.39 is 0 Å². The molecular formula is C30H30BrCl2N3O3. The van der Waals surface area contributed by atoms with Crippen molar-refractivity contribution in [3.8, 4) is 0 Å². The Morgan fingerprint density at radius 2 is 1.72 bits per heavy atom. The van der Waals surface area contributed by atoms with Gasteiger partial charge in [0.15, 0.2) is 0 Å². The molecule has 3 aromatic carbocycles. The summed E-state index contributed by atoms with van der Waals surface area (Å²) < 4.78 is 6.08. The van der Waals surface area contributed by atoms with Gasteiger partial charge in [0.05, 0.1) is 10.0 Å². The van der Waals surface area contributed by atoms with Crippen LogP contribution in [0, 0.1) is 0 Å². The number of hydrogen-bond donors (Lipinski definition) is 1. The van der Waals surface area contributed by atoms with Crippen molar-refractivity contribution < 1.29 is 14.3 Å². The molecule has 4 rings (SSSR count). The molecule has 0 saturated heterocycles. The Kier molecular flexibility index (Phi) is 10.5. The molecule has 6 nitrogen and oxygen atoms in total. The van der Waals surface area contributed by atoms with Crippen LogP contribution in [-0.2, 0) is 22.5 Å². The fraction of sp³-hybridized carbons (Fsp3) is 0.267. The number of fused-ring (bicyclic) bond motifs is 1. The second-order valence-corrected chi connectivity index (χ2v) is 11.0. The van der Waals surface area contributed by atoms with Crippen LogP contribution in [0.5, 0.6) is 0 Å². The summed E-state index contributed by atoms with van der Waals surface area (Å²) in [7, 11) is 1.62. The van der Waals surface area contributed by atoms with Gasteiger partial charge in [-0.2, -0.15) is 0 Å². The first-order valence-corrected chi connectivity index (χ1v) is 14.2. The largest absolute Gasteiger partial charge is 0.385 e. The maximum absolute atomic E-state index is 13.8. The van der Waals surface area contributed by atoms with Gasteiger partial charge in [0.25, 0.3) is 5.91 Å². The van der Waals surface area contributed by atoms with Crippen LogP contribution in [0.15, 0.2) is 77.4 Å². The Hall–Kier alpha value is -2.84. The molecule has 39 heavy (non-hydrogen) atoms. The highest BCUT2D eigenvalue weighted by Crippen LogP contribution is 2.24. The Morgan fingerprint density at radius 1 is 0.949 bits per heavy atom. The number of amides is 2. The number of carbonyl (C=O) groups excluding carboxylic acids is 2. The first-order valence-electron chi connectivity index (χ1n) is 12.7. The van der Waals surface area contributed by atoms with Crippen LogP contribution in [0.25, 0.3) is 10.9 Å². The maximum Gasteiger partial charge on any atom is 0.254 e. The molecule has 0 bridgehead atoms. The number of para-hydroxylation sites is 1. The summed E-state index contributed by atoms with van der Waals surface area (Å²) in [4.78, 5) is 33.9. The van der Waals surface area contributed by atoms with E-state index >= 15 is 0 Å². The number of ether oxygens (including phenoxy) is 1. The molecule has 0 aliphatic heterocycles. The summed E-state index contributed by atoms with van der Waals surface area (Å²) >= 11 is 15.8. The third-order valence-corrected chi connectivity index (χ3v) is 7.78. The second kappa shape index (κ2) is 14.0. The van der Waals surface area contributed by atoms with Crippen molar-refractivity contribution in [3.63, 3.8) is 0 Å². The van der Waals surface area contributed by atoms with Crippen LogP contribution in [-0.4, -0.2) is 59.9 Å². The number of aromatic amines is 1. The molecule has 1 aromatic heterocycles. The van der Waals surface area contributed by atoms with E-state index in [1.54, 1.807) is 41.2 Å². The van der Waals surface area contributed by atoms with E-state index in [2.05, 4.69) is 27.0 Å². The average molecular weight is 631 g/mol. The highest BCUT2D eigenvalue weighted by molar-refractivity contribution is 9.10. The lowest BCUT2D eigenvalue weighted by atomic mass is 10.1. The molecule has 0 atom stereocenters. The quantitative estimate of drug-likeness (QED) is 0.172. The molecule has 204 valence electrons. The molecule has 9 heteroatoms.